The van der Waals surface area contributed by atoms with Crippen LogP contribution in [0.1, 0.15) is 13.8 Å². The third-order valence-electron chi connectivity index (χ3n) is 3.66. The summed E-state index contributed by atoms with van der Waals surface area (Å²) in [6.07, 6.45) is -0.664. The van der Waals surface area contributed by atoms with Crippen LogP contribution in [0, 0.1) is 17.3 Å². The summed E-state index contributed by atoms with van der Waals surface area (Å²) in [7, 11) is 0. The van der Waals surface area contributed by atoms with Gasteiger partial charge in [0.25, 0.3) is 0 Å². The first-order valence-electron chi connectivity index (χ1n) is 4.74. The SMILES string of the molecule is CC1(C)C2CN(C[B-](F)(F)F)CC21.[K+]. The van der Waals surface area contributed by atoms with Gasteiger partial charge in [0.15, 0.2) is 0 Å². The fraction of sp³-hybridized carbons (Fsp3) is 1.00. The van der Waals surface area contributed by atoms with E-state index in [0.717, 1.165) is 0 Å². The summed E-state index contributed by atoms with van der Waals surface area (Å²) in [6.45, 7) is 0.983. The van der Waals surface area contributed by atoms with Crippen LogP contribution < -0.4 is 51.4 Å². The van der Waals surface area contributed by atoms with Crippen molar-refractivity contribution in [2.45, 2.75) is 13.8 Å². The number of piperidine rings is 1. The van der Waals surface area contributed by atoms with E-state index in [1.165, 1.54) is 0 Å². The Bertz CT molecular complexity index is 217. The number of halogens is 3. The van der Waals surface area contributed by atoms with E-state index < -0.39 is 13.4 Å². The molecule has 1 heterocycles. The van der Waals surface area contributed by atoms with Gasteiger partial charge in [0, 0.05) is 0 Å². The van der Waals surface area contributed by atoms with Crippen molar-refractivity contribution in [2.24, 2.45) is 17.3 Å². The zero-order valence-electron chi connectivity index (χ0n) is 8.93. The molecule has 2 fully saturated rings. The number of nitrogens with zero attached hydrogens (tertiary/aromatic N) is 1. The molecule has 76 valence electrons. The molecule has 1 saturated carbocycles. The monoisotopic (exact) mass is 231 g/mol. The van der Waals surface area contributed by atoms with Crippen LogP contribution in [0.3, 0.4) is 0 Å². The van der Waals surface area contributed by atoms with E-state index in [4.69, 9.17) is 0 Å². The van der Waals surface area contributed by atoms with Gasteiger partial charge in [-0.05, 0) is 36.8 Å². The second-order valence-electron chi connectivity index (χ2n) is 4.96. The van der Waals surface area contributed by atoms with Gasteiger partial charge in [-0.25, -0.2) is 0 Å². The van der Waals surface area contributed by atoms with Crippen molar-refractivity contribution < 1.29 is 64.3 Å². The number of hydrogen-bond donors (Lipinski definition) is 0. The van der Waals surface area contributed by atoms with E-state index in [0.29, 0.717) is 30.3 Å². The van der Waals surface area contributed by atoms with E-state index in [1.807, 2.05) is 0 Å². The molecule has 2 unspecified atom stereocenters. The van der Waals surface area contributed by atoms with E-state index in [-0.39, 0.29) is 51.4 Å². The van der Waals surface area contributed by atoms with Crippen LogP contribution in [0.2, 0.25) is 0 Å². The van der Waals surface area contributed by atoms with Gasteiger partial charge in [0.2, 0.25) is 0 Å². The third kappa shape index (κ3) is 2.58. The zero-order chi connectivity index (χ0) is 9.85. The molecule has 1 nitrogen and oxygen atoms in total. The van der Waals surface area contributed by atoms with Crippen LogP contribution in [0.5, 0.6) is 0 Å². The van der Waals surface area contributed by atoms with Crippen LogP contribution in [0.15, 0.2) is 0 Å². The fourth-order valence-electron chi connectivity index (χ4n) is 2.66. The second kappa shape index (κ2) is 4.04. The Hall–Kier alpha value is 1.45. The Morgan fingerprint density at radius 3 is 2.00 bits per heavy atom. The van der Waals surface area contributed by atoms with Crippen molar-refractivity contribution in [3.8, 4) is 0 Å². The minimum absolute atomic E-state index is 0. The molecule has 0 spiro atoms. The molecule has 0 aromatic heterocycles. The molecule has 0 radical (unpaired) electrons. The zero-order valence-corrected chi connectivity index (χ0v) is 12.1. The van der Waals surface area contributed by atoms with Crippen LogP contribution in [-0.4, -0.2) is 31.4 Å². The molecule has 2 atom stereocenters. The summed E-state index contributed by atoms with van der Waals surface area (Å²) in [5.41, 5.74) is 0.315. The fourth-order valence-corrected chi connectivity index (χ4v) is 2.66. The molecule has 0 aromatic rings. The molecule has 1 aliphatic heterocycles. The normalized spacial score (nSPS) is 34.9. The van der Waals surface area contributed by atoms with Crippen molar-refractivity contribution in [1.82, 2.24) is 4.90 Å². The quantitative estimate of drug-likeness (QED) is 0.549. The van der Waals surface area contributed by atoms with Gasteiger partial charge in [-0.2, -0.15) is 0 Å². The summed E-state index contributed by atoms with van der Waals surface area (Å²) in [6, 6.07) is 0. The molecular weight excluding hydrogens is 217 g/mol. The molecule has 6 heteroatoms. The van der Waals surface area contributed by atoms with Gasteiger partial charge in [0.1, 0.15) is 0 Å². The largest absolute Gasteiger partial charge is 1.00 e. The van der Waals surface area contributed by atoms with Gasteiger partial charge in [-0.1, -0.05) is 13.8 Å². The van der Waals surface area contributed by atoms with Crippen LogP contribution >= 0.6 is 0 Å². The second-order valence-corrected chi connectivity index (χ2v) is 4.96. The molecule has 14 heavy (non-hydrogen) atoms. The van der Waals surface area contributed by atoms with Gasteiger partial charge in [0.05, 0.1) is 0 Å². The van der Waals surface area contributed by atoms with Crippen molar-refractivity contribution in [1.29, 1.82) is 0 Å². The van der Waals surface area contributed by atoms with E-state index in [2.05, 4.69) is 13.8 Å². The molecule has 1 aliphatic carbocycles. The Morgan fingerprint density at radius 2 is 1.64 bits per heavy atom. The maximum atomic E-state index is 12.1. The molecule has 0 aromatic carbocycles. The molecule has 2 rings (SSSR count). The first-order valence-corrected chi connectivity index (χ1v) is 4.74. The Kier molecular flexibility index (Phi) is 3.90. The topological polar surface area (TPSA) is 3.24 Å². The van der Waals surface area contributed by atoms with Crippen molar-refractivity contribution >= 4 is 6.98 Å². The smallest absolute Gasteiger partial charge is 0.448 e. The van der Waals surface area contributed by atoms with Gasteiger partial charge >= 0.3 is 58.4 Å². The minimum Gasteiger partial charge on any atom is -0.448 e. The van der Waals surface area contributed by atoms with E-state index in [1.54, 1.807) is 4.90 Å². The Morgan fingerprint density at radius 1 is 1.21 bits per heavy atom. The molecular formula is C8H14BF3KN. The molecule has 0 N–H and O–H groups in total. The average Bonchev–Trinajstić information content (AvgIpc) is 2.38. The maximum Gasteiger partial charge on any atom is 1.00 e. The summed E-state index contributed by atoms with van der Waals surface area (Å²) in [5, 5.41) is 0. The number of fused-ring (bicyclic) bond motifs is 1. The average molecular weight is 231 g/mol. The Balaban J connectivity index is 0.000000980. The van der Waals surface area contributed by atoms with Crippen LogP contribution in [0.25, 0.3) is 0 Å². The van der Waals surface area contributed by atoms with Crippen LogP contribution in [0.4, 0.5) is 12.9 Å². The summed E-state index contributed by atoms with van der Waals surface area (Å²) in [5.74, 6) is 1.04. The van der Waals surface area contributed by atoms with Gasteiger partial charge in [-0.3, -0.25) is 0 Å². The molecule has 0 bridgehead atoms. The number of likely N-dealkylation sites (tertiary alicyclic amines) is 1. The van der Waals surface area contributed by atoms with Gasteiger partial charge < -0.3 is 17.8 Å². The number of hydrogen-bond acceptors (Lipinski definition) is 1. The first-order chi connectivity index (χ1) is 5.81. The van der Waals surface area contributed by atoms with Crippen molar-refractivity contribution in [3.63, 3.8) is 0 Å². The van der Waals surface area contributed by atoms with Crippen molar-refractivity contribution in [3.05, 3.63) is 0 Å². The maximum absolute atomic E-state index is 12.1. The molecule has 1 saturated heterocycles. The van der Waals surface area contributed by atoms with Crippen LogP contribution in [-0.2, 0) is 0 Å². The summed E-state index contributed by atoms with van der Waals surface area (Å²) >= 11 is 0. The standard InChI is InChI=1S/C8H14BF3N.K/c1-8(2)6-3-13(4-7(6)8)5-9(10,11)12;/h6-7H,3-5H2,1-2H3;/q-1;+1. The predicted molar refractivity (Wildman–Crippen MR) is 46.3 cm³/mol. The molecule has 0 amide bonds. The third-order valence-corrected chi connectivity index (χ3v) is 3.66. The predicted octanol–water partition coefficient (Wildman–Crippen LogP) is -1.04. The van der Waals surface area contributed by atoms with Gasteiger partial charge in [-0.15, -0.1) is 0 Å². The number of rotatable bonds is 2. The molecule has 2 aliphatic rings. The Labute approximate surface area is 125 Å². The van der Waals surface area contributed by atoms with Crippen molar-refractivity contribution in [2.75, 3.05) is 19.5 Å². The van der Waals surface area contributed by atoms with E-state index >= 15 is 0 Å². The first kappa shape index (κ1) is 13.5. The minimum atomic E-state index is -4.62. The summed E-state index contributed by atoms with van der Waals surface area (Å²) in [4.78, 5) is 1.56. The summed E-state index contributed by atoms with van der Waals surface area (Å²) < 4.78 is 36.2. The van der Waals surface area contributed by atoms with E-state index in [9.17, 15) is 12.9 Å².